The van der Waals surface area contributed by atoms with Crippen LogP contribution >= 0.6 is 0 Å². The molecule has 100 valence electrons. The molecule has 0 amide bonds. The number of methoxy groups -OCH3 is 1. The highest BCUT2D eigenvalue weighted by atomic mass is 16.5. The van der Waals surface area contributed by atoms with Gasteiger partial charge in [-0.15, -0.1) is 0 Å². The van der Waals surface area contributed by atoms with Crippen LogP contribution in [0.2, 0.25) is 0 Å². The molecular weight excluding hydrogens is 216 g/mol. The molecule has 2 rings (SSSR count). The molecule has 1 saturated carbocycles. The zero-order chi connectivity index (χ0) is 12.1. The molecule has 0 aromatic rings. The summed E-state index contributed by atoms with van der Waals surface area (Å²) in [6.07, 6.45) is 5.10. The first kappa shape index (κ1) is 13.3. The molecule has 0 aromatic heterocycles. The molecule has 0 radical (unpaired) electrons. The van der Waals surface area contributed by atoms with Crippen molar-refractivity contribution in [2.24, 2.45) is 11.7 Å². The third kappa shape index (κ3) is 3.65. The highest BCUT2D eigenvalue weighted by molar-refractivity contribution is 4.92. The first-order valence-electron chi connectivity index (χ1n) is 6.89. The number of nitrogens with zero attached hydrogens (tertiary/aromatic N) is 1. The van der Waals surface area contributed by atoms with Crippen molar-refractivity contribution in [1.82, 2.24) is 4.90 Å². The second-order valence-electron chi connectivity index (χ2n) is 5.24. The predicted octanol–water partition coefficient (Wildman–Crippen LogP) is 0.851. The van der Waals surface area contributed by atoms with E-state index in [9.17, 15) is 0 Å². The standard InChI is InChI=1S/C13H26N2O2/c1-16-8-6-15(12-4-5-12)13(9-14)11-3-2-7-17-10-11/h11-13H,2-10,14H2,1H3. The maximum absolute atomic E-state index is 6.00. The van der Waals surface area contributed by atoms with Crippen molar-refractivity contribution >= 4 is 0 Å². The van der Waals surface area contributed by atoms with Gasteiger partial charge >= 0.3 is 0 Å². The van der Waals surface area contributed by atoms with Crippen LogP contribution in [0.25, 0.3) is 0 Å². The van der Waals surface area contributed by atoms with Crippen molar-refractivity contribution in [1.29, 1.82) is 0 Å². The summed E-state index contributed by atoms with van der Waals surface area (Å²) in [5.41, 5.74) is 6.00. The van der Waals surface area contributed by atoms with Crippen molar-refractivity contribution in [3.05, 3.63) is 0 Å². The lowest BCUT2D eigenvalue weighted by Crippen LogP contribution is -2.50. The number of ether oxygens (including phenoxy) is 2. The van der Waals surface area contributed by atoms with Crippen LogP contribution in [0.15, 0.2) is 0 Å². The Morgan fingerprint density at radius 1 is 1.41 bits per heavy atom. The quantitative estimate of drug-likeness (QED) is 0.719. The minimum atomic E-state index is 0.484. The number of hydrogen-bond donors (Lipinski definition) is 1. The molecule has 2 aliphatic rings. The van der Waals surface area contributed by atoms with Crippen molar-refractivity contribution in [2.45, 2.75) is 37.8 Å². The first-order valence-corrected chi connectivity index (χ1v) is 6.89. The van der Waals surface area contributed by atoms with Gasteiger partial charge in [-0.25, -0.2) is 0 Å². The van der Waals surface area contributed by atoms with Crippen LogP contribution in [0.1, 0.15) is 25.7 Å². The van der Waals surface area contributed by atoms with Gasteiger partial charge in [-0.3, -0.25) is 4.90 Å². The predicted molar refractivity (Wildman–Crippen MR) is 68.0 cm³/mol. The van der Waals surface area contributed by atoms with E-state index in [4.69, 9.17) is 15.2 Å². The molecule has 17 heavy (non-hydrogen) atoms. The van der Waals surface area contributed by atoms with Gasteiger partial charge in [-0.05, 0) is 31.6 Å². The van der Waals surface area contributed by atoms with E-state index < -0.39 is 0 Å². The largest absolute Gasteiger partial charge is 0.383 e. The van der Waals surface area contributed by atoms with E-state index >= 15 is 0 Å². The fourth-order valence-electron chi connectivity index (χ4n) is 2.89. The molecule has 0 bridgehead atoms. The van der Waals surface area contributed by atoms with E-state index in [0.717, 1.165) is 39.0 Å². The maximum atomic E-state index is 6.00. The van der Waals surface area contributed by atoms with Crippen LogP contribution in [0.5, 0.6) is 0 Å². The minimum absolute atomic E-state index is 0.484. The molecule has 2 atom stereocenters. The van der Waals surface area contributed by atoms with E-state index in [-0.39, 0.29) is 0 Å². The molecule has 1 aliphatic heterocycles. The lowest BCUT2D eigenvalue weighted by atomic mass is 9.92. The van der Waals surface area contributed by atoms with Crippen LogP contribution in [-0.2, 0) is 9.47 Å². The summed E-state index contributed by atoms with van der Waals surface area (Å²) in [6.45, 7) is 4.38. The van der Waals surface area contributed by atoms with Crippen molar-refractivity contribution in [3.63, 3.8) is 0 Å². The third-order valence-electron chi connectivity index (χ3n) is 3.98. The van der Waals surface area contributed by atoms with Gasteiger partial charge < -0.3 is 15.2 Å². The van der Waals surface area contributed by atoms with Crippen LogP contribution in [0.4, 0.5) is 0 Å². The summed E-state index contributed by atoms with van der Waals surface area (Å²) in [7, 11) is 1.77. The Bertz CT molecular complexity index is 215. The SMILES string of the molecule is COCCN(C1CC1)C(CN)C1CCCOC1. The van der Waals surface area contributed by atoms with E-state index in [0.29, 0.717) is 12.0 Å². The van der Waals surface area contributed by atoms with Crippen LogP contribution in [0.3, 0.4) is 0 Å². The number of nitrogens with two attached hydrogens (primary N) is 1. The van der Waals surface area contributed by atoms with Gasteiger partial charge in [0.15, 0.2) is 0 Å². The molecule has 0 aromatic carbocycles. The van der Waals surface area contributed by atoms with Gasteiger partial charge in [0, 0.05) is 38.9 Å². The highest BCUT2D eigenvalue weighted by Crippen LogP contribution is 2.32. The summed E-state index contributed by atoms with van der Waals surface area (Å²) in [6, 6.07) is 1.23. The van der Waals surface area contributed by atoms with Gasteiger partial charge in [0.2, 0.25) is 0 Å². The van der Waals surface area contributed by atoms with Gasteiger partial charge in [-0.2, -0.15) is 0 Å². The lowest BCUT2D eigenvalue weighted by Gasteiger charge is -2.38. The van der Waals surface area contributed by atoms with Gasteiger partial charge in [0.05, 0.1) is 13.2 Å². The van der Waals surface area contributed by atoms with E-state index in [1.807, 2.05) is 0 Å². The van der Waals surface area contributed by atoms with E-state index in [1.165, 1.54) is 25.7 Å². The summed E-state index contributed by atoms with van der Waals surface area (Å²) < 4.78 is 10.8. The molecule has 4 heteroatoms. The second kappa shape index (κ2) is 6.69. The smallest absolute Gasteiger partial charge is 0.0589 e. The highest BCUT2D eigenvalue weighted by Gasteiger charge is 2.37. The van der Waals surface area contributed by atoms with Crippen LogP contribution < -0.4 is 5.73 Å². The Morgan fingerprint density at radius 2 is 2.24 bits per heavy atom. The maximum Gasteiger partial charge on any atom is 0.0589 e. The Labute approximate surface area is 104 Å². The average molecular weight is 242 g/mol. The van der Waals surface area contributed by atoms with Crippen LogP contribution in [0, 0.1) is 5.92 Å². The second-order valence-corrected chi connectivity index (χ2v) is 5.24. The number of hydrogen-bond acceptors (Lipinski definition) is 4. The first-order chi connectivity index (χ1) is 8.36. The Morgan fingerprint density at radius 3 is 2.76 bits per heavy atom. The normalized spacial score (nSPS) is 27.4. The topological polar surface area (TPSA) is 47.7 Å². The molecule has 1 heterocycles. The fourth-order valence-corrected chi connectivity index (χ4v) is 2.89. The van der Waals surface area contributed by atoms with E-state index in [2.05, 4.69) is 4.90 Å². The van der Waals surface area contributed by atoms with Crippen molar-refractivity contribution in [2.75, 3.05) is 40.0 Å². The molecule has 2 fully saturated rings. The van der Waals surface area contributed by atoms with Crippen molar-refractivity contribution in [3.8, 4) is 0 Å². The molecule has 4 nitrogen and oxygen atoms in total. The Kier molecular flexibility index (Phi) is 5.22. The summed E-state index contributed by atoms with van der Waals surface area (Å²) >= 11 is 0. The summed E-state index contributed by atoms with van der Waals surface area (Å²) in [5.74, 6) is 0.617. The summed E-state index contributed by atoms with van der Waals surface area (Å²) in [5, 5.41) is 0. The van der Waals surface area contributed by atoms with Crippen LogP contribution in [-0.4, -0.2) is 57.0 Å². The van der Waals surface area contributed by atoms with Crippen molar-refractivity contribution < 1.29 is 9.47 Å². The average Bonchev–Trinajstić information content (AvgIpc) is 3.20. The zero-order valence-corrected chi connectivity index (χ0v) is 10.9. The number of rotatable bonds is 7. The monoisotopic (exact) mass is 242 g/mol. The molecule has 1 saturated heterocycles. The Balaban J connectivity index is 1.91. The van der Waals surface area contributed by atoms with E-state index in [1.54, 1.807) is 7.11 Å². The molecule has 1 aliphatic carbocycles. The minimum Gasteiger partial charge on any atom is -0.383 e. The van der Waals surface area contributed by atoms with Gasteiger partial charge in [0.1, 0.15) is 0 Å². The Hall–Kier alpha value is -0.160. The lowest BCUT2D eigenvalue weighted by molar-refractivity contribution is 0.00267. The van der Waals surface area contributed by atoms with Gasteiger partial charge in [0.25, 0.3) is 0 Å². The molecule has 2 N–H and O–H groups in total. The zero-order valence-electron chi connectivity index (χ0n) is 10.9. The molecule has 0 spiro atoms. The molecule has 2 unspecified atom stereocenters. The van der Waals surface area contributed by atoms with Gasteiger partial charge in [-0.1, -0.05) is 0 Å². The summed E-state index contributed by atoms with van der Waals surface area (Å²) in [4.78, 5) is 2.57. The molecular formula is C13H26N2O2. The third-order valence-corrected chi connectivity index (χ3v) is 3.98. The fraction of sp³-hybridized carbons (Fsp3) is 1.00.